The van der Waals surface area contributed by atoms with Gasteiger partial charge < -0.3 is 4.57 Å². The van der Waals surface area contributed by atoms with Gasteiger partial charge in [-0.25, -0.2) is 0 Å². The molecule has 0 saturated heterocycles. The summed E-state index contributed by atoms with van der Waals surface area (Å²) in [5, 5.41) is 7.77. The molecule has 2 heteroatoms. The van der Waals surface area contributed by atoms with E-state index in [1.807, 2.05) is 36.4 Å². The van der Waals surface area contributed by atoms with E-state index >= 15 is 0 Å². The fraction of sp³-hybridized carbons (Fsp3) is 0.0727. The van der Waals surface area contributed by atoms with Crippen LogP contribution < -0.4 is 0 Å². The maximum atomic E-state index is 4.12. The van der Waals surface area contributed by atoms with Crippen molar-refractivity contribution in [3.8, 4) is 16.8 Å². The summed E-state index contributed by atoms with van der Waals surface area (Å²) in [6, 6.07) is 62.7. The van der Waals surface area contributed by atoms with Crippen molar-refractivity contribution >= 4 is 61.8 Å². The predicted octanol–water partition coefficient (Wildman–Crippen LogP) is 15.0. The van der Waals surface area contributed by atoms with Gasteiger partial charge in [0.25, 0.3) is 0 Å². The van der Waals surface area contributed by atoms with E-state index in [2.05, 4.69) is 201 Å². The molecule has 8 aromatic carbocycles. The largest absolute Gasteiger partial charge is 0.309 e. The number of fused-ring (bicyclic) bond motifs is 8. The van der Waals surface area contributed by atoms with Crippen LogP contribution in [0.25, 0.3) is 71.9 Å². The molecule has 1 heterocycles. The molecule has 0 unspecified atom stereocenters. The second-order valence-electron chi connectivity index (χ2n) is 14.5. The molecule has 0 saturated carbocycles. The Kier molecular flexibility index (Phi) is 10.9. The maximum absolute atomic E-state index is 4.12. The van der Waals surface area contributed by atoms with Crippen LogP contribution in [0.4, 0.5) is 0 Å². The first-order valence-electron chi connectivity index (χ1n) is 19.7. The molecule has 0 N–H and O–H groups in total. The van der Waals surface area contributed by atoms with Crippen molar-refractivity contribution in [2.75, 3.05) is 0 Å². The number of aliphatic imine (C=N–C) groups is 1. The minimum atomic E-state index is 0.910. The van der Waals surface area contributed by atoms with Crippen molar-refractivity contribution in [2.45, 2.75) is 27.2 Å². The Bertz CT molecular complexity index is 2940. The molecule has 0 atom stereocenters. The molecule has 0 aliphatic carbocycles. The SMILES string of the molecule is C/C=C\c1cc(-c2ccc3c(c2)c2c4ccccc4c4ccccc4c2n3-c2ccccc2)ccc1C.C=N/C(=C\C(C)=C/Cc1ccccc1)c1ccccc1. The number of benzene rings is 8. The summed E-state index contributed by atoms with van der Waals surface area (Å²) in [6.07, 6.45) is 9.52. The Balaban J connectivity index is 0.000000193. The maximum Gasteiger partial charge on any atom is 0.0697 e. The smallest absolute Gasteiger partial charge is 0.0697 e. The molecule has 0 spiro atoms. The minimum Gasteiger partial charge on any atom is -0.309 e. The van der Waals surface area contributed by atoms with Crippen LogP contribution in [0.5, 0.6) is 0 Å². The van der Waals surface area contributed by atoms with Crippen molar-refractivity contribution in [3.63, 3.8) is 0 Å². The zero-order valence-electron chi connectivity index (χ0n) is 32.9. The molecule has 9 aromatic rings. The molecule has 0 aliphatic rings. The summed E-state index contributed by atoms with van der Waals surface area (Å²) in [5.41, 5.74) is 13.2. The molecule has 2 nitrogen and oxygen atoms in total. The number of aryl methyl sites for hydroxylation is 1. The van der Waals surface area contributed by atoms with Crippen molar-refractivity contribution in [2.24, 2.45) is 4.99 Å². The lowest BCUT2D eigenvalue weighted by Crippen LogP contribution is -1.94. The van der Waals surface area contributed by atoms with E-state index in [0.717, 1.165) is 17.7 Å². The average molecular weight is 735 g/mol. The molecular formula is C55H46N2. The average Bonchev–Trinajstić information content (AvgIpc) is 3.62. The van der Waals surface area contributed by atoms with Crippen LogP contribution in [-0.4, -0.2) is 11.3 Å². The van der Waals surface area contributed by atoms with Crippen LogP contribution in [0.15, 0.2) is 205 Å². The highest BCUT2D eigenvalue weighted by molar-refractivity contribution is 6.32. The van der Waals surface area contributed by atoms with Gasteiger partial charge in [-0.1, -0.05) is 169 Å². The van der Waals surface area contributed by atoms with Gasteiger partial charge in [-0.2, -0.15) is 0 Å². The second-order valence-corrected chi connectivity index (χ2v) is 14.5. The third-order valence-corrected chi connectivity index (χ3v) is 10.7. The zero-order valence-corrected chi connectivity index (χ0v) is 32.9. The van der Waals surface area contributed by atoms with Gasteiger partial charge in [-0.05, 0) is 114 Å². The predicted molar refractivity (Wildman–Crippen MR) is 249 cm³/mol. The molecular weight excluding hydrogens is 689 g/mol. The molecule has 0 bridgehead atoms. The summed E-state index contributed by atoms with van der Waals surface area (Å²) in [6.45, 7) is 10.0. The highest BCUT2D eigenvalue weighted by Crippen LogP contribution is 2.43. The van der Waals surface area contributed by atoms with Gasteiger partial charge in [0, 0.05) is 27.4 Å². The number of allylic oxidation sites excluding steroid dienone is 4. The van der Waals surface area contributed by atoms with E-state index < -0.39 is 0 Å². The molecule has 0 aliphatic heterocycles. The van der Waals surface area contributed by atoms with Crippen LogP contribution in [0.2, 0.25) is 0 Å². The quantitative estimate of drug-likeness (QED) is 0.0840. The van der Waals surface area contributed by atoms with Crippen molar-refractivity contribution in [1.82, 2.24) is 4.57 Å². The van der Waals surface area contributed by atoms with Crippen LogP contribution in [0.1, 0.15) is 36.1 Å². The fourth-order valence-electron chi connectivity index (χ4n) is 7.88. The summed E-state index contributed by atoms with van der Waals surface area (Å²) in [5.74, 6) is 0. The minimum absolute atomic E-state index is 0.910. The van der Waals surface area contributed by atoms with Crippen LogP contribution in [0.3, 0.4) is 0 Å². The molecule has 0 radical (unpaired) electrons. The Hall–Kier alpha value is -7.03. The van der Waals surface area contributed by atoms with Gasteiger partial charge in [0.15, 0.2) is 0 Å². The van der Waals surface area contributed by atoms with E-state index in [1.54, 1.807) is 0 Å². The Morgan fingerprint density at radius 3 is 1.88 bits per heavy atom. The number of hydrogen-bond acceptors (Lipinski definition) is 1. The van der Waals surface area contributed by atoms with E-state index in [1.165, 1.54) is 82.4 Å². The molecule has 1 aromatic heterocycles. The molecule has 276 valence electrons. The van der Waals surface area contributed by atoms with Crippen LogP contribution in [-0.2, 0) is 6.42 Å². The molecule has 0 fully saturated rings. The number of para-hydroxylation sites is 1. The normalized spacial score (nSPS) is 12.1. The number of rotatable bonds is 8. The second kappa shape index (κ2) is 16.8. The Morgan fingerprint density at radius 1 is 0.614 bits per heavy atom. The standard InChI is InChI=1S/C36H27N.C19H19N/c1-3-11-25-22-26(19-18-24(25)2)27-20-21-34-33(23-27)35-31-16-9-7-14-29(31)30-15-8-10-17-32(30)36(35)37(34)28-12-5-4-6-13-28;1-16(13-14-17-9-5-3-6-10-17)15-19(20-2)18-11-7-4-8-12-18/h3-23H,1-2H3;3-13,15H,2,14H2,1H3/b11-3-;16-13-,19-15-. The van der Waals surface area contributed by atoms with Gasteiger partial charge in [0.2, 0.25) is 0 Å². The monoisotopic (exact) mass is 734 g/mol. The summed E-state index contributed by atoms with van der Waals surface area (Å²) < 4.78 is 2.45. The summed E-state index contributed by atoms with van der Waals surface area (Å²) >= 11 is 0. The molecule has 9 rings (SSSR count). The van der Waals surface area contributed by atoms with E-state index in [0.29, 0.717) is 0 Å². The van der Waals surface area contributed by atoms with E-state index in [-0.39, 0.29) is 0 Å². The lowest BCUT2D eigenvalue weighted by Gasteiger charge is -2.12. The summed E-state index contributed by atoms with van der Waals surface area (Å²) in [7, 11) is 0. The van der Waals surface area contributed by atoms with E-state index in [9.17, 15) is 0 Å². The molecule has 57 heavy (non-hydrogen) atoms. The molecule has 0 amide bonds. The Labute approximate surface area is 336 Å². The van der Waals surface area contributed by atoms with Crippen molar-refractivity contribution in [3.05, 3.63) is 222 Å². The summed E-state index contributed by atoms with van der Waals surface area (Å²) in [4.78, 5) is 4.12. The third-order valence-electron chi connectivity index (χ3n) is 10.7. The highest BCUT2D eigenvalue weighted by atomic mass is 15.0. The number of hydrogen-bond donors (Lipinski definition) is 0. The lowest BCUT2D eigenvalue weighted by atomic mass is 9.95. The first-order valence-corrected chi connectivity index (χ1v) is 19.7. The van der Waals surface area contributed by atoms with Gasteiger partial charge in [0.05, 0.1) is 16.7 Å². The first kappa shape index (κ1) is 36.9. The fourth-order valence-corrected chi connectivity index (χ4v) is 7.88. The lowest BCUT2D eigenvalue weighted by molar-refractivity contribution is 1.19. The van der Waals surface area contributed by atoms with Gasteiger partial charge in [0.1, 0.15) is 0 Å². The van der Waals surface area contributed by atoms with Crippen LogP contribution >= 0.6 is 0 Å². The number of aromatic nitrogens is 1. The van der Waals surface area contributed by atoms with Gasteiger partial charge >= 0.3 is 0 Å². The highest BCUT2D eigenvalue weighted by Gasteiger charge is 2.19. The van der Waals surface area contributed by atoms with Crippen molar-refractivity contribution < 1.29 is 0 Å². The Morgan fingerprint density at radius 2 is 1.19 bits per heavy atom. The topological polar surface area (TPSA) is 17.3 Å². The zero-order chi connectivity index (χ0) is 39.1. The third kappa shape index (κ3) is 7.63. The van der Waals surface area contributed by atoms with Gasteiger partial charge in [-0.3, -0.25) is 4.99 Å². The van der Waals surface area contributed by atoms with Crippen molar-refractivity contribution in [1.29, 1.82) is 0 Å². The van der Waals surface area contributed by atoms with Crippen LogP contribution in [0, 0.1) is 6.92 Å². The van der Waals surface area contributed by atoms with E-state index in [4.69, 9.17) is 0 Å². The number of nitrogens with zero attached hydrogens (tertiary/aromatic N) is 2. The first-order chi connectivity index (χ1) is 28.0. The van der Waals surface area contributed by atoms with Gasteiger partial charge in [-0.15, -0.1) is 0 Å².